The van der Waals surface area contributed by atoms with Gasteiger partial charge in [-0.25, -0.2) is 13.4 Å². The molecule has 1 aromatic heterocycles. The van der Waals surface area contributed by atoms with Crippen molar-refractivity contribution in [2.45, 2.75) is 89.9 Å². The normalized spacial score (nSPS) is 26.0. The van der Waals surface area contributed by atoms with Gasteiger partial charge in [-0.3, -0.25) is 9.59 Å². The standard InChI is InChI=1S/C26H42N4O4S/c1-17(2)29(6)19-11-12-22(18(15-19)16-35(7,33)34)30-14-13-21(25(30)32)28-24(31)20-9-8-10-23(27-20)26(3,4)5/h8-10,17-19,21-22H,11-16H2,1-7H3,(H,28,31)/t18-,19+,21?,22-/m0/s1. The van der Waals surface area contributed by atoms with Gasteiger partial charge in [-0.05, 0) is 64.6 Å². The molecule has 3 rings (SSSR count). The molecule has 4 atom stereocenters. The highest BCUT2D eigenvalue weighted by molar-refractivity contribution is 7.90. The molecule has 2 heterocycles. The highest BCUT2D eigenvalue weighted by Crippen LogP contribution is 2.35. The van der Waals surface area contributed by atoms with Crippen molar-refractivity contribution in [3.8, 4) is 0 Å². The number of sulfone groups is 1. The van der Waals surface area contributed by atoms with Gasteiger partial charge < -0.3 is 15.1 Å². The monoisotopic (exact) mass is 506 g/mol. The molecule has 2 aliphatic rings. The van der Waals surface area contributed by atoms with Crippen molar-refractivity contribution in [1.29, 1.82) is 0 Å². The van der Waals surface area contributed by atoms with E-state index in [0.29, 0.717) is 30.7 Å². The van der Waals surface area contributed by atoms with Gasteiger partial charge in [0.2, 0.25) is 5.91 Å². The Morgan fingerprint density at radius 3 is 2.51 bits per heavy atom. The maximum Gasteiger partial charge on any atom is 0.270 e. The van der Waals surface area contributed by atoms with Crippen LogP contribution < -0.4 is 5.32 Å². The van der Waals surface area contributed by atoms with E-state index in [2.05, 4.69) is 36.1 Å². The predicted octanol–water partition coefficient (Wildman–Crippen LogP) is 2.63. The average molecular weight is 507 g/mol. The van der Waals surface area contributed by atoms with Crippen molar-refractivity contribution in [2.75, 3.05) is 25.6 Å². The highest BCUT2D eigenvalue weighted by Gasteiger charge is 2.43. The van der Waals surface area contributed by atoms with Gasteiger partial charge in [0.05, 0.1) is 5.75 Å². The minimum Gasteiger partial charge on any atom is -0.339 e. The zero-order valence-corrected chi connectivity index (χ0v) is 23.1. The fourth-order valence-electron chi connectivity index (χ4n) is 5.37. The van der Waals surface area contributed by atoms with Crippen molar-refractivity contribution in [1.82, 2.24) is 20.1 Å². The Hall–Kier alpha value is -2.00. The van der Waals surface area contributed by atoms with Gasteiger partial charge in [0, 0.05) is 42.0 Å². The van der Waals surface area contributed by atoms with Crippen molar-refractivity contribution in [3.63, 3.8) is 0 Å². The van der Waals surface area contributed by atoms with Crippen molar-refractivity contribution < 1.29 is 18.0 Å². The van der Waals surface area contributed by atoms with Gasteiger partial charge >= 0.3 is 0 Å². The van der Waals surface area contributed by atoms with Gasteiger partial charge in [-0.1, -0.05) is 26.8 Å². The first-order chi connectivity index (χ1) is 16.2. The lowest BCUT2D eigenvalue weighted by molar-refractivity contribution is -0.133. The lowest BCUT2D eigenvalue weighted by atomic mass is 9.81. The minimum atomic E-state index is -3.19. The van der Waals surface area contributed by atoms with E-state index in [-0.39, 0.29) is 34.9 Å². The topological polar surface area (TPSA) is 99.7 Å². The van der Waals surface area contributed by atoms with Gasteiger partial charge in [-0.2, -0.15) is 0 Å². The number of amides is 2. The number of carbonyl (C=O) groups is 2. The molecule has 1 saturated heterocycles. The number of nitrogens with zero attached hydrogens (tertiary/aromatic N) is 3. The molecule has 0 radical (unpaired) electrons. The van der Waals surface area contributed by atoms with Crippen molar-refractivity contribution in [2.24, 2.45) is 5.92 Å². The number of nitrogens with one attached hydrogen (secondary N) is 1. The summed E-state index contributed by atoms with van der Waals surface area (Å²) in [7, 11) is -1.11. The molecule has 35 heavy (non-hydrogen) atoms. The lowest BCUT2D eigenvalue weighted by Gasteiger charge is -2.44. The van der Waals surface area contributed by atoms with E-state index in [9.17, 15) is 18.0 Å². The molecule has 1 unspecified atom stereocenters. The van der Waals surface area contributed by atoms with E-state index in [1.165, 1.54) is 6.26 Å². The van der Waals surface area contributed by atoms with Crippen LogP contribution in [0, 0.1) is 5.92 Å². The summed E-state index contributed by atoms with van der Waals surface area (Å²) < 4.78 is 24.5. The molecule has 196 valence electrons. The molecule has 1 aromatic rings. The summed E-state index contributed by atoms with van der Waals surface area (Å²) >= 11 is 0. The second-order valence-electron chi connectivity index (χ2n) is 11.7. The Morgan fingerprint density at radius 1 is 1.23 bits per heavy atom. The first-order valence-corrected chi connectivity index (χ1v) is 14.7. The minimum absolute atomic E-state index is 0.0738. The van der Waals surface area contributed by atoms with Crippen LogP contribution in [0.15, 0.2) is 18.2 Å². The Balaban J connectivity index is 1.72. The quantitative estimate of drug-likeness (QED) is 0.610. The molecule has 1 N–H and O–H groups in total. The molecule has 9 heteroatoms. The number of hydrogen-bond acceptors (Lipinski definition) is 6. The summed E-state index contributed by atoms with van der Waals surface area (Å²) in [5.41, 5.74) is 0.931. The summed E-state index contributed by atoms with van der Waals surface area (Å²) in [6, 6.07) is 5.30. The van der Waals surface area contributed by atoms with Crippen molar-refractivity contribution in [3.05, 3.63) is 29.6 Å². The largest absolute Gasteiger partial charge is 0.339 e. The molecule has 1 aliphatic heterocycles. The molecule has 1 saturated carbocycles. The zero-order chi connectivity index (χ0) is 26.1. The van der Waals surface area contributed by atoms with Crippen molar-refractivity contribution >= 4 is 21.7 Å². The fourth-order valence-corrected chi connectivity index (χ4v) is 6.51. The third-order valence-corrected chi connectivity index (χ3v) is 8.55. The Morgan fingerprint density at radius 2 is 1.91 bits per heavy atom. The third kappa shape index (κ3) is 6.82. The first-order valence-electron chi connectivity index (χ1n) is 12.7. The van der Waals surface area contributed by atoms with E-state index in [0.717, 1.165) is 25.0 Å². The van der Waals surface area contributed by atoms with Crippen LogP contribution in [0.2, 0.25) is 0 Å². The van der Waals surface area contributed by atoms with Gasteiger partial charge in [0.15, 0.2) is 0 Å². The van der Waals surface area contributed by atoms with Crippen LogP contribution in [-0.2, 0) is 20.0 Å². The number of likely N-dealkylation sites (tertiary alicyclic amines) is 1. The van der Waals surface area contributed by atoms with Crippen LogP contribution in [0.5, 0.6) is 0 Å². The summed E-state index contributed by atoms with van der Waals surface area (Å²) in [5, 5.41) is 2.88. The highest BCUT2D eigenvalue weighted by atomic mass is 32.2. The molecular formula is C26H42N4O4S. The fraction of sp³-hybridized carbons (Fsp3) is 0.731. The Labute approximate surface area is 210 Å². The van der Waals surface area contributed by atoms with E-state index in [1.54, 1.807) is 6.07 Å². The van der Waals surface area contributed by atoms with Gasteiger partial charge in [0.1, 0.15) is 21.6 Å². The summed E-state index contributed by atoms with van der Waals surface area (Å²) in [6.07, 6.45) is 4.22. The summed E-state index contributed by atoms with van der Waals surface area (Å²) in [5.74, 6) is -0.519. The maximum absolute atomic E-state index is 13.4. The molecule has 8 nitrogen and oxygen atoms in total. The second-order valence-corrected chi connectivity index (χ2v) is 13.8. The van der Waals surface area contributed by atoms with Crippen LogP contribution >= 0.6 is 0 Å². The zero-order valence-electron chi connectivity index (χ0n) is 22.2. The molecule has 0 bridgehead atoms. The molecule has 2 amide bonds. The van der Waals surface area contributed by atoms with Crippen LogP contribution in [0.1, 0.15) is 76.5 Å². The number of hydrogen-bond donors (Lipinski definition) is 1. The lowest BCUT2D eigenvalue weighted by Crippen LogP contribution is -2.53. The average Bonchev–Trinajstić information content (AvgIpc) is 3.11. The number of carbonyl (C=O) groups excluding carboxylic acids is 2. The molecule has 2 fully saturated rings. The van der Waals surface area contributed by atoms with Crippen LogP contribution in [0.4, 0.5) is 0 Å². The molecular weight excluding hydrogens is 464 g/mol. The molecule has 0 aromatic carbocycles. The summed E-state index contributed by atoms with van der Waals surface area (Å²) in [6.45, 7) is 10.9. The van der Waals surface area contributed by atoms with E-state index in [1.807, 2.05) is 37.8 Å². The number of aromatic nitrogens is 1. The Kier molecular flexibility index (Phi) is 8.31. The SMILES string of the molecule is CC(C)N(C)[C@@H]1CC[C@H](N2CCC(NC(=O)c3cccc(C(C)(C)C)n3)C2=O)[C@H](CS(C)(=O)=O)C1. The van der Waals surface area contributed by atoms with Crippen LogP contribution in [-0.4, -0.2) is 84.8 Å². The van der Waals surface area contributed by atoms with Crippen LogP contribution in [0.3, 0.4) is 0 Å². The first kappa shape index (κ1) is 27.6. The molecule has 1 aliphatic carbocycles. The van der Waals surface area contributed by atoms with E-state index in [4.69, 9.17) is 0 Å². The Bertz CT molecular complexity index is 1030. The van der Waals surface area contributed by atoms with E-state index < -0.39 is 15.9 Å². The predicted molar refractivity (Wildman–Crippen MR) is 138 cm³/mol. The molecule has 0 spiro atoms. The maximum atomic E-state index is 13.4. The summed E-state index contributed by atoms with van der Waals surface area (Å²) in [4.78, 5) is 34.9. The van der Waals surface area contributed by atoms with E-state index >= 15 is 0 Å². The second kappa shape index (κ2) is 10.5. The number of pyridine rings is 1. The third-order valence-electron chi connectivity index (χ3n) is 7.52. The number of rotatable bonds is 7. The van der Waals surface area contributed by atoms with Gasteiger partial charge in [0.25, 0.3) is 5.91 Å². The van der Waals surface area contributed by atoms with Gasteiger partial charge in [-0.15, -0.1) is 0 Å². The van der Waals surface area contributed by atoms with Crippen LogP contribution in [0.25, 0.3) is 0 Å². The smallest absolute Gasteiger partial charge is 0.270 e.